The number of nitrogens with zero attached hydrogens (tertiary/aromatic N) is 2. The van der Waals surface area contributed by atoms with Crippen LogP contribution in [0.2, 0.25) is 0 Å². The second-order valence-electron chi connectivity index (χ2n) is 22.5. The highest BCUT2D eigenvalue weighted by Gasteiger charge is 2.46. The van der Waals surface area contributed by atoms with Crippen molar-refractivity contribution >= 4 is 46.9 Å². The number of ether oxygens (including phenoxy) is 5. The highest BCUT2D eigenvalue weighted by molar-refractivity contribution is 7.13. The largest absolute Gasteiger partial charge is 0.462 e. The number of aliphatic hydroxyl groups excluding tert-OH is 2. The summed E-state index contributed by atoms with van der Waals surface area (Å²) in [6, 6.07) is 5.93. The van der Waals surface area contributed by atoms with Crippen LogP contribution in [-0.4, -0.2) is 145 Å². The Kier molecular flexibility index (Phi) is 21.6. The minimum atomic E-state index is -0.992. The molecule has 3 heterocycles. The van der Waals surface area contributed by atoms with Crippen LogP contribution in [0.4, 0.5) is 0 Å². The van der Waals surface area contributed by atoms with Gasteiger partial charge in [0.25, 0.3) is 0 Å². The van der Waals surface area contributed by atoms with Gasteiger partial charge in [0, 0.05) is 44.8 Å². The predicted octanol–water partition coefficient (Wildman–Crippen LogP) is 5.36. The number of aryl methyl sites for hydroxylation is 1. The molecule has 19 heteroatoms. The number of hydrogen-bond donors (Lipinski definition) is 5. The molecule has 5 N–H and O–H groups in total. The van der Waals surface area contributed by atoms with Crippen molar-refractivity contribution in [2.75, 3.05) is 52.7 Å². The van der Waals surface area contributed by atoms with Gasteiger partial charge in [0.1, 0.15) is 30.9 Å². The number of cyclic esters (lactones) is 1. The summed E-state index contributed by atoms with van der Waals surface area (Å²) in [6.07, 6.45) is 7.42. The van der Waals surface area contributed by atoms with Crippen molar-refractivity contribution in [3.63, 3.8) is 0 Å². The highest BCUT2D eigenvalue weighted by atomic mass is 32.1. The Morgan fingerprint density at radius 2 is 1.60 bits per heavy atom. The first-order valence-electron chi connectivity index (χ1n) is 26.6. The molecular formula is C56H81N5O13S. The number of allylic oxidation sites excluding steroid dienone is 3. The first-order chi connectivity index (χ1) is 35.6. The van der Waals surface area contributed by atoms with Crippen LogP contribution in [0.15, 0.2) is 53.6 Å². The third-order valence-corrected chi connectivity index (χ3v) is 15.7. The number of rotatable bonds is 25. The molecule has 4 amide bonds. The number of likely N-dealkylation sites (tertiary alicyclic amines) is 1. The van der Waals surface area contributed by atoms with Crippen LogP contribution in [0.25, 0.3) is 10.4 Å². The number of carbonyl (C=O) groups excluding carboxylic acids is 6. The summed E-state index contributed by atoms with van der Waals surface area (Å²) in [5, 5.41) is 29.2. The number of amides is 4. The number of esters is 2. The van der Waals surface area contributed by atoms with Crippen molar-refractivity contribution in [2.24, 2.45) is 34.5 Å². The molecule has 0 bridgehead atoms. The molecule has 4 aliphatic rings. The summed E-state index contributed by atoms with van der Waals surface area (Å²) in [4.78, 5) is 85.7. The van der Waals surface area contributed by atoms with E-state index in [4.69, 9.17) is 23.7 Å². The fraction of sp³-hybridized carbons (Fsp3) is 0.661. The van der Waals surface area contributed by atoms with E-state index >= 15 is 0 Å². The average Bonchev–Trinajstić information content (AvgIpc) is 3.97. The maximum Gasteiger partial charge on any atom is 0.311 e. The molecule has 1 aromatic heterocycles. The van der Waals surface area contributed by atoms with E-state index in [1.807, 2.05) is 52.0 Å². The van der Waals surface area contributed by atoms with Gasteiger partial charge in [0.2, 0.25) is 23.6 Å². The Bertz CT molecular complexity index is 2330. The molecule has 414 valence electrons. The average molecular weight is 1060 g/mol. The summed E-state index contributed by atoms with van der Waals surface area (Å²) in [5.74, 6) is -1.68. The molecule has 6 rings (SSSR count). The number of fused-ring (bicyclic) bond motifs is 1. The van der Waals surface area contributed by atoms with Crippen molar-refractivity contribution in [3.05, 3.63) is 64.8 Å². The first-order valence-corrected chi connectivity index (χ1v) is 27.5. The van der Waals surface area contributed by atoms with Crippen LogP contribution in [0.1, 0.15) is 111 Å². The molecule has 10 atom stereocenters. The minimum absolute atomic E-state index is 0.00409. The normalized spacial score (nSPS) is 25.1. The maximum absolute atomic E-state index is 14.0. The first kappa shape index (κ1) is 59.2. The molecule has 1 aromatic carbocycles. The zero-order valence-electron chi connectivity index (χ0n) is 45.1. The van der Waals surface area contributed by atoms with Gasteiger partial charge in [-0.25, -0.2) is 4.98 Å². The lowest BCUT2D eigenvalue weighted by Gasteiger charge is -2.44. The molecule has 75 heavy (non-hydrogen) atoms. The monoisotopic (exact) mass is 1060 g/mol. The van der Waals surface area contributed by atoms with Crippen molar-refractivity contribution < 1.29 is 62.7 Å². The van der Waals surface area contributed by atoms with E-state index in [1.165, 1.54) is 4.90 Å². The zero-order valence-corrected chi connectivity index (χ0v) is 45.9. The third kappa shape index (κ3) is 17.2. The second kappa shape index (κ2) is 27.3. The lowest BCUT2D eigenvalue weighted by atomic mass is 9.65. The van der Waals surface area contributed by atoms with E-state index < -0.39 is 46.9 Å². The Hall–Kier alpha value is -5.05. The Morgan fingerprint density at radius 3 is 2.28 bits per heavy atom. The van der Waals surface area contributed by atoms with Crippen LogP contribution in [-0.2, 0) is 59.0 Å². The van der Waals surface area contributed by atoms with E-state index in [9.17, 15) is 39.0 Å². The van der Waals surface area contributed by atoms with Gasteiger partial charge in [-0.3, -0.25) is 28.8 Å². The molecule has 2 aliphatic heterocycles. The fourth-order valence-electron chi connectivity index (χ4n) is 10.4. The van der Waals surface area contributed by atoms with E-state index in [0.29, 0.717) is 25.7 Å². The summed E-state index contributed by atoms with van der Waals surface area (Å²) >= 11 is 1.56. The number of carbonyl (C=O) groups is 6. The molecule has 2 aliphatic carbocycles. The lowest BCUT2D eigenvalue weighted by molar-refractivity contribution is -0.166. The number of aromatic nitrogens is 1. The molecule has 0 spiro atoms. The smallest absolute Gasteiger partial charge is 0.311 e. The van der Waals surface area contributed by atoms with Gasteiger partial charge in [-0.15, -0.1) is 11.3 Å². The number of nitrogens with one attached hydrogen (secondary N) is 3. The number of β-amino-alcohol motifs (C(OH)–C–C–N with tert-alkyl or cyclic N) is 1. The van der Waals surface area contributed by atoms with Crippen LogP contribution in [0.5, 0.6) is 0 Å². The molecule has 0 unspecified atom stereocenters. The lowest BCUT2D eigenvalue weighted by Crippen LogP contribution is -2.58. The molecular weight excluding hydrogens is 983 g/mol. The quantitative estimate of drug-likeness (QED) is 0.0622. The summed E-state index contributed by atoms with van der Waals surface area (Å²) in [7, 11) is 0. The van der Waals surface area contributed by atoms with Crippen LogP contribution < -0.4 is 16.0 Å². The number of hydrogen-bond acceptors (Lipinski definition) is 15. The molecule has 0 radical (unpaired) electrons. The van der Waals surface area contributed by atoms with Crippen molar-refractivity contribution in [2.45, 2.75) is 150 Å². The molecule has 18 nitrogen and oxygen atoms in total. The molecule has 2 fully saturated rings. The van der Waals surface area contributed by atoms with Crippen LogP contribution in [0, 0.1) is 41.4 Å². The SMILES string of the molecule is Cc1ncsc1-c1ccc(CNC(=O)[C@@H]2C[C@@H](O)CN2C(=O)[C@@H](NC(=O)COCCOCCOCCNC(=O)CCC(C)(C)C(=O)O[C@H]2C[C@@H](C)C=C3C=C[C@H](C)[C@H](CC[C@@H]4C[C@@H](O)CC(=O)O4)[C@H]32)C(C)(C)C)cc1. The van der Waals surface area contributed by atoms with Gasteiger partial charge < -0.3 is 54.7 Å². The zero-order chi connectivity index (χ0) is 54.5. The van der Waals surface area contributed by atoms with Gasteiger partial charge in [-0.1, -0.05) is 77.1 Å². The Morgan fingerprint density at radius 1 is 0.893 bits per heavy atom. The topological polar surface area (TPSA) is 241 Å². The minimum Gasteiger partial charge on any atom is -0.462 e. The van der Waals surface area contributed by atoms with Gasteiger partial charge in [-0.05, 0) is 86.3 Å². The second-order valence-corrected chi connectivity index (χ2v) is 23.3. The van der Waals surface area contributed by atoms with Gasteiger partial charge in [0.05, 0.1) is 73.2 Å². The molecule has 2 saturated heterocycles. The summed E-state index contributed by atoms with van der Waals surface area (Å²) in [6.45, 7) is 16.5. The van der Waals surface area contributed by atoms with Gasteiger partial charge in [-0.2, -0.15) is 0 Å². The molecule has 0 saturated carbocycles. The highest BCUT2D eigenvalue weighted by Crippen LogP contribution is 2.46. The predicted molar refractivity (Wildman–Crippen MR) is 282 cm³/mol. The third-order valence-electron chi connectivity index (χ3n) is 14.7. The number of aliphatic hydroxyl groups is 2. The molecule has 2 aromatic rings. The maximum atomic E-state index is 14.0. The standard InChI is InChI=1S/C56H81N5O13S/c1-34-25-39-12-9-35(2)43(16-15-42-27-40(62)29-48(66)73-42)49(39)45(26-34)74-54(69)56(7,8)18-17-46(64)57-19-20-70-21-22-71-23-24-72-32-47(65)60-51(55(4,5)6)53(68)61-31-41(63)28-44(61)52(67)58-30-37-10-13-38(14-11-37)50-36(3)59-33-75-50/h9-14,25,33-35,40-45,49,51,62-63H,15-24,26-32H2,1-8H3,(H,57,64)(H,58,67)(H,60,65)/t34-,35-,40+,41+,42+,43-,44-,45-,49-,51+/m0/s1. The van der Waals surface area contributed by atoms with Crippen LogP contribution in [0.3, 0.4) is 0 Å². The van der Waals surface area contributed by atoms with E-state index in [-0.39, 0.29) is 138 Å². The van der Waals surface area contributed by atoms with Gasteiger partial charge >= 0.3 is 11.9 Å². The Labute approximate surface area is 446 Å². The van der Waals surface area contributed by atoms with Crippen LogP contribution >= 0.6 is 11.3 Å². The van der Waals surface area contributed by atoms with Crippen molar-refractivity contribution in [3.8, 4) is 10.4 Å². The fourth-order valence-corrected chi connectivity index (χ4v) is 11.2. The summed E-state index contributed by atoms with van der Waals surface area (Å²) < 4.78 is 28.6. The van der Waals surface area contributed by atoms with Crippen molar-refractivity contribution in [1.29, 1.82) is 0 Å². The van der Waals surface area contributed by atoms with Crippen molar-refractivity contribution in [1.82, 2.24) is 25.8 Å². The van der Waals surface area contributed by atoms with E-state index in [0.717, 1.165) is 33.7 Å². The van der Waals surface area contributed by atoms with E-state index in [2.05, 4.69) is 53.0 Å². The Balaban J connectivity index is 0.825. The van der Waals surface area contributed by atoms with Gasteiger partial charge in [0.15, 0.2) is 0 Å². The number of thiazole rings is 1. The number of benzene rings is 1. The summed E-state index contributed by atoms with van der Waals surface area (Å²) in [5.41, 5.74) is 4.21. The van der Waals surface area contributed by atoms with E-state index in [1.54, 1.807) is 30.7 Å².